The van der Waals surface area contributed by atoms with Crippen LogP contribution in [0, 0.1) is 6.92 Å². The minimum absolute atomic E-state index is 0.338. The molecule has 2 fully saturated rings. The van der Waals surface area contributed by atoms with E-state index < -0.39 is 12.0 Å². The Balaban J connectivity index is 0.00000107. The van der Waals surface area contributed by atoms with E-state index in [2.05, 4.69) is 25.8 Å². The summed E-state index contributed by atoms with van der Waals surface area (Å²) in [6.07, 6.45) is 13.8. The predicted octanol–water partition coefficient (Wildman–Crippen LogP) is 8.48. The van der Waals surface area contributed by atoms with E-state index in [9.17, 15) is 14.7 Å². The van der Waals surface area contributed by atoms with Crippen LogP contribution in [0.5, 0.6) is 0 Å². The maximum absolute atomic E-state index is 13.1. The molecule has 256 valence electrons. The zero-order valence-corrected chi connectivity index (χ0v) is 30.3. The third-order valence-electron chi connectivity index (χ3n) is 7.37. The molecule has 1 heterocycles. The molecule has 45 heavy (non-hydrogen) atoms. The van der Waals surface area contributed by atoms with Crippen LogP contribution >= 0.6 is 11.8 Å². The van der Waals surface area contributed by atoms with Gasteiger partial charge in [-0.2, -0.15) is 11.8 Å². The van der Waals surface area contributed by atoms with Crippen LogP contribution in [-0.4, -0.2) is 81.0 Å². The number of aliphatic carboxylic acids is 1. The highest BCUT2D eigenvalue weighted by Crippen LogP contribution is 2.29. The number of thioether (sulfide) groups is 1. The Labute approximate surface area is 278 Å². The molecule has 1 aliphatic carbocycles. The van der Waals surface area contributed by atoms with Gasteiger partial charge in [0.2, 0.25) is 0 Å². The summed E-state index contributed by atoms with van der Waals surface area (Å²) in [6, 6.07) is 13.0. The van der Waals surface area contributed by atoms with Crippen molar-refractivity contribution in [3.8, 4) is 11.1 Å². The van der Waals surface area contributed by atoms with Gasteiger partial charge in [-0.05, 0) is 92.6 Å². The Kier molecular flexibility index (Phi) is 26.4. The maximum Gasteiger partial charge on any atom is 0.326 e. The van der Waals surface area contributed by atoms with Gasteiger partial charge in [0.05, 0.1) is 0 Å². The van der Waals surface area contributed by atoms with Crippen LogP contribution in [0.25, 0.3) is 11.1 Å². The quantitative estimate of drug-likeness (QED) is 0.268. The van der Waals surface area contributed by atoms with E-state index in [4.69, 9.17) is 0 Å². The molecule has 1 saturated carbocycles. The van der Waals surface area contributed by atoms with Crippen LogP contribution in [0.4, 0.5) is 0 Å². The highest BCUT2D eigenvalue weighted by molar-refractivity contribution is 7.98. The van der Waals surface area contributed by atoms with Gasteiger partial charge in [0.25, 0.3) is 5.91 Å². The number of carboxylic acids is 1. The number of nitrogens with zero attached hydrogens (tertiary/aromatic N) is 1. The number of carbonyl (C=O) groups is 2. The number of rotatable bonds is 10. The predicted molar refractivity (Wildman–Crippen MR) is 193 cm³/mol. The van der Waals surface area contributed by atoms with Crippen molar-refractivity contribution in [3.63, 3.8) is 0 Å². The summed E-state index contributed by atoms with van der Waals surface area (Å²) in [4.78, 5) is 27.1. The summed E-state index contributed by atoms with van der Waals surface area (Å²) in [7, 11) is 4.93. The van der Waals surface area contributed by atoms with E-state index in [1.807, 2.05) is 70.3 Å². The summed E-state index contributed by atoms with van der Waals surface area (Å²) in [5.41, 5.74) is 4.63. The second kappa shape index (κ2) is 27.9. The molecule has 2 aromatic rings. The van der Waals surface area contributed by atoms with Crippen molar-refractivity contribution in [3.05, 3.63) is 59.2 Å². The van der Waals surface area contributed by atoms with Crippen molar-refractivity contribution in [1.82, 2.24) is 10.2 Å². The number of carbonyl (C=O) groups excluding carboxylic acids is 1. The van der Waals surface area contributed by atoms with Crippen LogP contribution in [-0.2, 0) is 20.8 Å². The number of hydrogen-bond donors (Lipinski definition) is 2. The Morgan fingerprint density at radius 3 is 1.91 bits per heavy atom. The molecule has 1 amide bonds. The first kappa shape index (κ1) is 42.6. The van der Waals surface area contributed by atoms with E-state index in [-0.39, 0.29) is 5.91 Å². The molecule has 4 rings (SSSR count). The summed E-state index contributed by atoms with van der Waals surface area (Å²) in [5.74, 6) is -0.661. The number of likely N-dealkylation sites (tertiary alicyclic amines) is 1. The Morgan fingerprint density at radius 2 is 1.44 bits per heavy atom. The van der Waals surface area contributed by atoms with Gasteiger partial charge in [-0.1, -0.05) is 82.7 Å². The Bertz CT molecular complexity index is 1030. The lowest BCUT2D eigenvalue weighted by atomic mass is 9.93. The van der Waals surface area contributed by atoms with Gasteiger partial charge in [-0.3, -0.25) is 9.69 Å². The number of aryl methyl sites for hydroxylation is 1. The van der Waals surface area contributed by atoms with Crippen molar-refractivity contribution in [2.75, 3.05) is 53.0 Å². The largest absolute Gasteiger partial charge is 0.480 e. The molecular formula is C37H62N2O5S. The maximum atomic E-state index is 13.1. The summed E-state index contributed by atoms with van der Waals surface area (Å²) in [6.45, 7) is 11.9. The molecule has 2 N–H and O–H groups in total. The van der Waals surface area contributed by atoms with Gasteiger partial charge in [-0.25, -0.2) is 4.79 Å². The summed E-state index contributed by atoms with van der Waals surface area (Å²) in [5, 5.41) is 12.2. The smallest absolute Gasteiger partial charge is 0.326 e. The number of nitrogens with one attached hydrogen (secondary N) is 1. The third kappa shape index (κ3) is 18.4. The molecule has 7 nitrogen and oxygen atoms in total. The molecular weight excluding hydrogens is 584 g/mol. The van der Waals surface area contributed by atoms with E-state index in [1.165, 1.54) is 56.9 Å². The van der Waals surface area contributed by atoms with Crippen LogP contribution in [0.15, 0.2) is 42.5 Å². The molecule has 1 saturated heterocycles. The number of carboxylic acid groups (broad SMARTS) is 1. The van der Waals surface area contributed by atoms with E-state index in [1.54, 1.807) is 33.1 Å². The topological polar surface area (TPSA) is 88.1 Å². The molecule has 2 aliphatic rings. The fourth-order valence-corrected chi connectivity index (χ4v) is 5.45. The van der Waals surface area contributed by atoms with Gasteiger partial charge in [-0.15, -0.1) is 0 Å². The fraction of sp³-hybridized carbons (Fsp3) is 0.622. The van der Waals surface area contributed by atoms with Crippen LogP contribution in [0.1, 0.15) is 100 Å². The van der Waals surface area contributed by atoms with Crippen molar-refractivity contribution in [2.45, 2.75) is 98.1 Å². The molecule has 1 aliphatic heterocycles. The second-order valence-corrected chi connectivity index (χ2v) is 11.9. The highest BCUT2D eigenvalue weighted by Gasteiger charge is 2.23. The Hall–Kier alpha value is -2.39. The van der Waals surface area contributed by atoms with Crippen LogP contribution in [0.3, 0.4) is 0 Å². The number of hydrogen-bond acceptors (Lipinski definition) is 6. The molecule has 1 atom stereocenters. The standard InChI is InChI=1S/C24H30N2O3S.C6H12.C3H8O.C2H6O.C2H6/c1-17-7-3-4-8-19(17)21-15-18(16-26-12-5-6-13-26)9-10-20(21)23(27)25-22(24(28)29)11-14-30-2;1-2-4-6-5-3-1;1-3-4-2;1-3-2;1-2/h3-4,7-10,15,22H,5-6,11-14,16H2,1-2H3,(H,25,27)(H,28,29);1-6H2;3H2,1-2H3;1-2H3;1-2H3. The number of amides is 1. The molecule has 0 spiro atoms. The zero-order chi connectivity index (χ0) is 33.9. The highest BCUT2D eigenvalue weighted by atomic mass is 32.2. The average Bonchev–Trinajstić information content (AvgIpc) is 3.58. The molecule has 0 aromatic heterocycles. The van der Waals surface area contributed by atoms with E-state index in [0.717, 1.165) is 42.9 Å². The average molecular weight is 647 g/mol. The molecule has 8 heteroatoms. The van der Waals surface area contributed by atoms with Gasteiger partial charge >= 0.3 is 5.97 Å². The van der Waals surface area contributed by atoms with Crippen molar-refractivity contribution < 1.29 is 24.2 Å². The van der Waals surface area contributed by atoms with Crippen molar-refractivity contribution >= 4 is 23.6 Å². The second-order valence-electron chi connectivity index (χ2n) is 10.9. The fourth-order valence-electron chi connectivity index (χ4n) is 4.97. The van der Waals surface area contributed by atoms with E-state index in [0.29, 0.717) is 17.7 Å². The first-order valence-electron chi connectivity index (χ1n) is 16.7. The summed E-state index contributed by atoms with van der Waals surface area (Å²) < 4.78 is 8.79. The molecule has 2 aromatic carbocycles. The van der Waals surface area contributed by atoms with Crippen LogP contribution in [0.2, 0.25) is 0 Å². The number of benzene rings is 2. The third-order valence-corrected chi connectivity index (χ3v) is 8.02. The van der Waals surface area contributed by atoms with Gasteiger partial charge < -0.3 is 19.9 Å². The van der Waals surface area contributed by atoms with Crippen LogP contribution < -0.4 is 5.32 Å². The number of methoxy groups -OCH3 is 2. The minimum Gasteiger partial charge on any atom is -0.480 e. The SMILES string of the molecule is C1CCCCC1.CC.CCOC.COC.CSCCC(NC(=O)c1ccc(CN2CCCC2)cc1-c1ccccc1C)C(=O)O. The lowest BCUT2D eigenvalue weighted by molar-refractivity contribution is -0.139. The Morgan fingerprint density at radius 1 is 0.911 bits per heavy atom. The molecule has 0 bridgehead atoms. The summed E-state index contributed by atoms with van der Waals surface area (Å²) >= 11 is 1.57. The first-order valence-corrected chi connectivity index (χ1v) is 18.0. The number of ether oxygens (including phenoxy) is 2. The lowest BCUT2D eigenvalue weighted by Crippen LogP contribution is -2.41. The van der Waals surface area contributed by atoms with Crippen molar-refractivity contribution in [2.24, 2.45) is 0 Å². The minimum atomic E-state index is -1.000. The molecule has 1 unspecified atom stereocenters. The van der Waals surface area contributed by atoms with Gasteiger partial charge in [0, 0.05) is 40.0 Å². The zero-order valence-electron chi connectivity index (χ0n) is 29.5. The van der Waals surface area contributed by atoms with Gasteiger partial charge in [0.15, 0.2) is 0 Å². The van der Waals surface area contributed by atoms with Crippen molar-refractivity contribution in [1.29, 1.82) is 0 Å². The molecule has 0 radical (unpaired) electrons. The lowest BCUT2D eigenvalue weighted by Gasteiger charge is -2.19. The monoisotopic (exact) mass is 646 g/mol. The van der Waals surface area contributed by atoms with E-state index >= 15 is 0 Å². The normalized spacial score (nSPS) is 14.5. The van der Waals surface area contributed by atoms with Gasteiger partial charge in [0.1, 0.15) is 6.04 Å². The first-order chi connectivity index (χ1) is 21.8.